The summed E-state index contributed by atoms with van der Waals surface area (Å²) in [6.07, 6.45) is -0.690. The van der Waals surface area contributed by atoms with E-state index in [1.165, 1.54) is 11.8 Å². The maximum Gasteiger partial charge on any atom is 0.324 e. The summed E-state index contributed by atoms with van der Waals surface area (Å²) in [7, 11) is 1.61. The van der Waals surface area contributed by atoms with Crippen LogP contribution in [0.15, 0.2) is 94.2 Å². The van der Waals surface area contributed by atoms with Gasteiger partial charge < -0.3 is 13.9 Å². The number of hydrogen-bond acceptors (Lipinski definition) is 7. The molecule has 0 amide bonds. The fourth-order valence-electron chi connectivity index (χ4n) is 3.05. The number of carbonyl (C=O) groups excluding carboxylic acids is 1. The Hall–Kier alpha value is -3.58. The Morgan fingerprint density at radius 3 is 2.22 bits per heavy atom. The standard InChI is InChI=1S/C25H22N2O4S/c1-17(23-26-27-24(31-23)19-13-15-20(29-2)16-14-19)30-25(28)22(18-9-5-3-6-10-18)32-21-11-7-4-8-12-21/h3-17,22H,1-2H3. The topological polar surface area (TPSA) is 74.5 Å². The number of benzene rings is 3. The lowest BCUT2D eigenvalue weighted by atomic mass is 10.1. The molecule has 6 nitrogen and oxygen atoms in total. The van der Waals surface area contributed by atoms with Crippen LogP contribution >= 0.6 is 11.8 Å². The second-order valence-electron chi connectivity index (χ2n) is 6.97. The first kappa shape index (κ1) is 21.6. The summed E-state index contributed by atoms with van der Waals surface area (Å²) in [5.74, 6) is 0.949. The molecule has 32 heavy (non-hydrogen) atoms. The molecule has 0 spiro atoms. The Kier molecular flexibility index (Phi) is 6.87. The zero-order valence-electron chi connectivity index (χ0n) is 17.7. The number of rotatable bonds is 8. The molecule has 0 aliphatic carbocycles. The molecular formula is C25H22N2O4S. The fourth-order valence-corrected chi connectivity index (χ4v) is 4.08. The molecule has 0 aliphatic heterocycles. The van der Waals surface area contributed by atoms with Crippen molar-refractivity contribution >= 4 is 17.7 Å². The first-order valence-electron chi connectivity index (χ1n) is 10.1. The van der Waals surface area contributed by atoms with Crippen LogP contribution in [0.5, 0.6) is 5.75 Å². The van der Waals surface area contributed by atoms with Crippen molar-refractivity contribution in [3.8, 4) is 17.2 Å². The second kappa shape index (κ2) is 10.2. The van der Waals surface area contributed by atoms with Crippen LogP contribution < -0.4 is 4.74 Å². The quantitative estimate of drug-likeness (QED) is 0.247. The first-order chi connectivity index (χ1) is 15.6. The summed E-state index contributed by atoms with van der Waals surface area (Å²) in [6, 6.07) is 26.6. The molecule has 162 valence electrons. The number of aromatic nitrogens is 2. The zero-order chi connectivity index (χ0) is 22.3. The number of ether oxygens (including phenoxy) is 2. The van der Waals surface area contributed by atoms with Crippen molar-refractivity contribution in [2.45, 2.75) is 23.2 Å². The van der Waals surface area contributed by atoms with Crippen LogP contribution in [0.3, 0.4) is 0 Å². The van der Waals surface area contributed by atoms with Gasteiger partial charge in [0.15, 0.2) is 6.10 Å². The van der Waals surface area contributed by atoms with Crippen LogP contribution in [0, 0.1) is 0 Å². The van der Waals surface area contributed by atoms with Crippen LogP contribution in [0.4, 0.5) is 0 Å². The van der Waals surface area contributed by atoms with E-state index in [4.69, 9.17) is 13.9 Å². The van der Waals surface area contributed by atoms with Crippen LogP contribution in [0.1, 0.15) is 29.7 Å². The molecule has 4 rings (SSSR count). The molecule has 0 bridgehead atoms. The highest BCUT2D eigenvalue weighted by molar-refractivity contribution is 8.00. The van der Waals surface area contributed by atoms with Crippen molar-refractivity contribution in [1.82, 2.24) is 10.2 Å². The minimum Gasteiger partial charge on any atom is -0.497 e. The minimum atomic E-state index is -0.690. The SMILES string of the molecule is COc1ccc(-c2nnc(C(C)OC(=O)C(Sc3ccccc3)c3ccccc3)o2)cc1. The van der Waals surface area contributed by atoms with Crippen molar-refractivity contribution in [2.24, 2.45) is 0 Å². The van der Waals surface area contributed by atoms with E-state index >= 15 is 0 Å². The van der Waals surface area contributed by atoms with Gasteiger partial charge in [0.05, 0.1) is 7.11 Å². The molecule has 2 atom stereocenters. The molecule has 1 aromatic heterocycles. The van der Waals surface area contributed by atoms with E-state index in [1.54, 1.807) is 14.0 Å². The third-order valence-corrected chi connectivity index (χ3v) is 5.98. The highest BCUT2D eigenvalue weighted by atomic mass is 32.2. The van der Waals surface area contributed by atoms with Crippen molar-refractivity contribution in [3.05, 3.63) is 96.4 Å². The molecule has 2 unspecified atom stereocenters. The largest absolute Gasteiger partial charge is 0.497 e. The summed E-state index contributed by atoms with van der Waals surface area (Å²) in [6.45, 7) is 1.72. The number of nitrogens with zero attached hydrogens (tertiary/aromatic N) is 2. The normalized spacial score (nSPS) is 12.7. The summed E-state index contributed by atoms with van der Waals surface area (Å²) < 4.78 is 16.7. The number of hydrogen-bond donors (Lipinski definition) is 0. The fraction of sp³-hybridized carbons (Fsp3) is 0.160. The first-order valence-corrected chi connectivity index (χ1v) is 11.0. The Balaban J connectivity index is 1.49. The molecule has 4 aromatic rings. The smallest absolute Gasteiger partial charge is 0.324 e. The van der Waals surface area contributed by atoms with Crippen molar-refractivity contribution in [1.29, 1.82) is 0 Å². The second-order valence-corrected chi connectivity index (χ2v) is 8.15. The summed E-state index contributed by atoms with van der Waals surface area (Å²) in [4.78, 5) is 14.1. The highest BCUT2D eigenvalue weighted by Gasteiger charge is 2.27. The lowest BCUT2D eigenvalue weighted by Crippen LogP contribution is -2.16. The van der Waals surface area contributed by atoms with Gasteiger partial charge in [-0.15, -0.1) is 22.0 Å². The minimum absolute atomic E-state index is 0.237. The third kappa shape index (κ3) is 5.18. The van der Waals surface area contributed by atoms with E-state index in [1.807, 2.05) is 84.9 Å². The molecule has 0 radical (unpaired) electrons. The van der Waals surface area contributed by atoms with E-state index in [0.29, 0.717) is 5.89 Å². The van der Waals surface area contributed by atoms with Crippen molar-refractivity contribution < 1.29 is 18.7 Å². The molecule has 0 fully saturated rings. The number of esters is 1. The number of thioether (sulfide) groups is 1. The molecule has 0 N–H and O–H groups in total. The highest BCUT2D eigenvalue weighted by Crippen LogP contribution is 2.37. The predicted octanol–water partition coefficient (Wildman–Crippen LogP) is 5.88. The van der Waals surface area contributed by atoms with Crippen LogP contribution in [0.25, 0.3) is 11.5 Å². The van der Waals surface area contributed by atoms with Gasteiger partial charge in [-0.3, -0.25) is 4.79 Å². The Labute approximate surface area is 190 Å². The molecular weight excluding hydrogens is 424 g/mol. The van der Waals surface area contributed by atoms with Gasteiger partial charge in [0.25, 0.3) is 5.89 Å². The molecule has 7 heteroatoms. The predicted molar refractivity (Wildman–Crippen MR) is 122 cm³/mol. The van der Waals surface area contributed by atoms with E-state index in [2.05, 4.69) is 10.2 Å². The third-order valence-electron chi connectivity index (χ3n) is 4.73. The van der Waals surface area contributed by atoms with Crippen molar-refractivity contribution in [3.63, 3.8) is 0 Å². The van der Waals surface area contributed by atoms with Crippen LogP contribution in [0.2, 0.25) is 0 Å². The van der Waals surface area contributed by atoms with E-state index in [-0.39, 0.29) is 11.9 Å². The Bertz CT molecular complexity index is 1150. The lowest BCUT2D eigenvalue weighted by molar-refractivity contribution is -0.149. The monoisotopic (exact) mass is 446 g/mol. The van der Waals surface area contributed by atoms with Gasteiger partial charge in [0, 0.05) is 10.5 Å². The Morgan fingerprint density at radius 2 is 1.56 bits per heavy atom. The number of methoxy groups -OCH3 is 1. The maximum absolute atomic E-state index is 13.1. The molecule has 0 saturated carbocycles. The molecule has 1 heterocycles. The Morgan fingerprint density at radius 1 is 0.906 bits per heavy atom. The average molecular weight is 447 g/mol. The van der Waals surface area contributed by atoms with Crippen LogP contribution in [-0.2, 0) is 9.53 Å². The summed E-state index contributed by atoms with van der Waals surface area (Å²) in [5, 5.41) is 7.64. The van der Waals surface area contributed by atoms with E-state index in [9.17, 15) is 4.79 Å². The van der Waals surface area contributed by atoms with E-state index < -0.39 is 11.4 Å². The van der Waals surface area contributed by atoms with Crippen LogP contribution in [-0.4, -0.2) is 23.3 Å². The molecule has 0 saturated heterocycles. The van der Waals surface area contributed by atoms with Gasteiger partial charge in [-0.1, -0.05) is 48.5 Å². The van der Waals surface area contributed by atoms with Crippen molar-refractivity contribution in [2.75, 3.05) is 7.11 Å². The van der Waals surface area contributed by atoms with Gasteiger partial charge in [0.2, 0.25) is 5.89 Å². The van der Waals surface area contributed by atoms with E-state index in [0.717, 1.165) is 21.8 Å². The summed E-state index contributed by atoms with van der Waals surface area (Å²) in [5.41, 5.74) is 1.62. The van der Waals surface area contributed by atoms with Gasteiger partial charge in [-0.05, 0) is 48.9 Å². The number of carbonyl (C=O) groups is 1. The maximum atomic E-state index is 13.1. The van der Waals surface area contributed by atoms with Gasteiger partial charge >= 0.3 is 5.97 Å². The lowest BCUT2D eigenvalue weighted by Gasteiger charge is -2.18. The van der Waals surface area contributed by atoms with Gasteiger partial charge in [-0.25, -0.2) is 0 Å². The molecule has 0 aliphatic rings. The summed E-state index contributed by atoms with van der Waals surface area (Å²) >= 11 is 1.44. The molecule has 3 aromatic carbocycles. The van der Waals surface area contributed by atoms with Gasteiger partial charge in [0.1, 0.15) is 11.0 Å². The zero-order valence-corrected chi connectivity index (χ0v) is 18.5. The van der Waals surface area contributed by atoms with Gasteiger partial charge in [-0.2, -0.15) is 0 Å². The average Bonchev–Trinajstić information content (AvgIpc) is 3.34.